The highest BCUT2D eigenvalue weighted by Gasteiger charge is 2.47. The zero-order valence-electron chi connectivity index (χ0n) is 17.9. The highest BCUT2D eigenvalue weighted by atomic mass is 16.2. The van der Waals surface area contributed by atoms with E-state index in [9.17, 15) is 9.59 Å². The third-order valence-corrected chi connectivity index (χ3v) is 6.05. The molecule has 2 amide bonds. The fraction of sp³-hybridized carbons (Fsp3) is 0.360. The van der Waals surface area contributed by atoms with Gasteiger partial charge >= 0.3 is 0 Å². The highest BCUT2D eigenvalue weighted by molar-refractivity contribution is 6.03. The number of carbonyl (C=O) groups excluding carboxylic acids is 2. The quantitative estimate of drug-likeness (QED) is 0.670. The van der Waals surface area contributed by atoms with E-state index in [1.807, 2.05) is 72.2 Å². The Morgan fingerprint density at radius 1 is 1.10 bits per heavy atom. The lowest BCUT2D eigenvalue weighted by molar-refractivity contribution is -0.133. The average molecular weight is 404 g/mol. The van der Waals surface area contributed by atoms with Gasteiger partial charge in [-0.3, -0.25) is 9.59 Å². The van der Waals surface area contributed by atoms with Crippen molar-refractivity contribution in [1.82, 2.24) is 14.8 Å². The predicted molar refractivity (Wildman–Crippen MR) is 119 cm³/mol. The van der Waals surface area contributed by atoms with Gasteiger partial charge in [0.05, 0.1) is 6.54 Å². The lowest BCUT2D eigenvalue weighted by Crippen LogP contribution is -2.64. The van der Waals surface area contributed by atoms with E-state index in [4.69, 9.17) is 0 Å². The summed E-state index contributed by atoms with van der Waals surface area (Å²) in [5, 5.41) is 4.10. The molecule has 156 valence electrons. The SMILES string of the molecule is CC(C)CCN1C(=O)c2cc3ccccc3n2C[C@@]1(C)C(=O)NCc1ccccc1. The van der Waals surface area contributed by atoms with Crippen LogP contribution in [-0.2, 0) is 17.9 Å². The van der Waals surface area contributed by atoms with Crippen molar-refractivity contribution in [3.8, 4) is 0 Å². The molecule has 0 saturated carbocycles. The summed E-state index contributed by atoms with van der Waals surface area (Å²) in [6, 6.07) is 19.8. The summed E-state index contributed by atoms with van der Waals surface area (Å²) in [6.07, 6.45) is 0.855. The maximum atomic E-state index is 13.5. The van der Waals surface area contributed by atoms with E-state index in [2.05, 4.69) is 19.2 Å². The number of amides is 2. The molecule has 0 fully saturated rings. The zero-order valence-corrected chi connectivity index (χ0v) is 17.9. The molecular formula is C25H29N3O2. The Morgan fingerprint density at radius 3 is 2.53 bits per heavy atom. The number of fused-ring (bicyclic) bond motifs is 3. The maximum absolute atomic E-state index is 13.5. The van der Waals surface area contributed by atoms with Crippen LogP contribution in [0.4, 0.5) is 0 Å². The van der Waals surface area contributed by atoms with Crippen LogP contribution >= 0.6 is 0 Å². The largest absolute Gasteiger partial charge is 0.350 e. The van der Waals surface area contributed by atoms with Gasteiger partial charge < -0.3 is 14.8 Å². The number of benzene rings is 2. The topological polar surface area (TPSA) is 54.3 Å². The number of carbonyl (C=O) groups is 2. The van der Waals surface area contributed by atoms with Gasteiger partial charge in [0, 0.05) is 24.0 Å². The number of nitrogens with one attached hydrogen (secondary N) is 1. The molecule has 3 aromatic rings. The van der Waals surface area contributed by atoms with E-state index in [0.717, 1.165) is 22.9 Å². The Kier molecular flexibility index (Phi) is 5.37. The molecule has 5 heteroatoms. The van der Waals surface area contributed by atoms with Crippen LogP contribution in [0.1, 0.15) is 43.2 Å². The minimum Gasteiger partial charge on any atom is -0.350 e. The normalized spacial score (nSPS) is 18.7. The van der Waals surface area contributed by atoms with Gasteiger partial charge in [-0.1, -0.05) is 62.4 Å². The average Bonchev–Trinajstić information content (AvgIpc) is 3.11. The van der Waals surface area contributed by atoms with Crippen LogP contribution < -0.4 is 5.32 Å². The van der Waals surface area contributed by atoms with Crippen LogP contribution in [0, 0.1) is 5.92 Å². The van der Waals surface area contributed by atoms with Gasteiger partial charge in [0.25, 0.3) is 5.91 Å². The molecule has 30 heavy (non-hydrogen) atoms. The molecule has 0 radical (unpaired) electrons. The molecular weight excluding hydrogens is 374 g/mol. The first kappa shape index (κ1) is 20.2. The number of hydrogen-bond donors (Lipinski definition) is 1. The number of hydrogen-bond acceptors (Lipinski definition) is 2. The van der Waals surface area contributed by atoms with E-state index < -0.39 is 5.54 Å². The third kappa shape index (κ3) is 3.60. The summed E-state index contributed by atoms with van der Waals surface area (Å²) < 4.78 is 2.01. The molecule has 2 heterocycles. The molecule has 1 aliphatic rings. The molecule has 0 aliphatic carbocycles. The zero-order chi connectivity index (χ0) is 21.3. The molecule has 1 atom stereocenters. The first-order chi connectivity index (χ1) is 14.4. The molecule has 0 bridgehead atoms. The summed E-state index contributed by atoms with van der Waals surface area (Å²) in [5.41, 5.74) is 1.74. The van der Waals surface area contributed by atoms with Crippen molar-refractivity contribution in [2.75, 3.05) is 6.54 Å². The molecule has 1 N–H and O–H groups in total. The molecule has 4 rings (SSSR count). The molecule has 0 spiro atoms. The summed E-state index contributed by atoms with van der Waals surface area (Å²) in [5.74, 6) is 0.254. The number of para-hydroxylation sites is 1. The first-order valence-corrected chi connectivity index (χ1v) is 10.6. The van der Waals surface area contributed by atoms with Crippen molar-refractivity contribution < 1.29 is 9.59 Å². The van der Waals surface area contributed by atoms with Crippen molar-refractivity contribution >= 4 is 22.7 Å². The van der Waals surface area contributed by atoms with E-state index in [-0.39, 0.29) is 11.8 Å². The van der Waals surface area contributed by atoms with E-state index in [1.165, 1.54) is 0 Å². The monoisotopic (exact) mass is 403 g/mol. The Balaban J connectivity index is 1.68. The lowest BCUT2D eigenvalue weighted by atomic mass is 9.93. The molecule has 1 aliphatic heterocycles. The Bertz CT molecular complexity index is 1070. The third-order valence-electron chi connectivity index (χ3n) is 6.05. The van der Waals surface area contributed by atoms with Crippen LogP contribution in [0.2, 0.25) is 0 Å². The van der Waals surface area contributed by atoms with Gasteiger partial charge in [0.1, 0.15) is 11.2 Å². The van der Waals surface area contributed by atoms with E-state index in [1.54, 1.807) is 4.90 Å². The van der Waals surface area contributed by atoms with Gasteiger partial charge in [-0.25, -0.2) is 0 Å². The Labute approximate surface area is 177 Å². The minimum atomic E-state index is -0.949. The standard InChI is InChI=1S/C25H29N3O2/c1-18(2)13-14-28-23(29)22-15-20-11-7-8-12-21(20)27(22)17-25(28,3)24(30)26-16-19-9-5-4-6-10-19/h4-12,15,18H,13-14,16-17H2,1-3H3,(H,26,30)/t25-/m0/s1. The van der Waals surface area contributed by atoms with E-state index >= 15 is 0 Å². The summed E-state index contributed by atoms with van der Waals surface area (Å²) in [4.78, 5) is 28.7. The highest BCUT2D eigenvalue weighted by Crippen LogP contribution is 2.32. The van der Waals surface area contributed by atoms with Gasteiger partial charge in [-0.15, -0.1) is 0 Å². The van der Waals surface area contributed by atoms with Crippen molar-refractivity contribution in [3.05, 3.63) is 71.9 Å². The van der Waals surface area contributed by atoms with Crippen LogP contribution in [0.25, 0.3) is 10.9 Å². The summed E-state index contributed by atoms with van der Waals surface area (Å²) in [7, 11) is 0. The van der Waals surface area contributed by atoms with Crippen LogP contribution in [0.15, 0.2) is 60.7 Å². The van der Waals surface area contributed by atoms with Crippen LogP contribution in [-0.4, -0.2) is 33.4 Å². The van der Waals surface area contributed by atoms with Crippen LogP contribution in [0.5, 0.6) is 0 Å². The second kappa shape index (κ2) is 7.98. The van der Waals surface area contributed by atoms with Crippen molar-refractivity contribution in [2.24, 2.45) is 5.92 Å². The van der Waals surface area contributed by atoms with Crippen molar-refractivity contribution in [2.45, 2.75) is 45.8 Å². The first-order valence-electron chi connectivity index (χ1n) is 10.6. The number of nitrogens with zero attached hydrogens (tertiary/aromatic N) is 2. The summed E-state index contributed by atoms with van der Waals surface area (Å²) >= 11 is 0. The molecule has 0 unspecified atom stereocenters. The second-order valence-electron chi connectivity index (χ2n) is 8.76. The number of rotatable bonds is 6. The van der Waals surface area contributed by atoms with Crippen molar-refractivity contribution in [1.29, 1.82) is 0 Å². The summed E-state index contributed by atoms with van der Waals surface area (Å²) in [6.45, 7) is 7.62. The Hall–Kier alpha value is -3.08. The molecule has 0 saturated heterocycles. The van der Waals surface area contributed by atoms with Gasteiger partial charge in [-0.05, 0) is 37.0 Å². The van der Waals surface area contributed by atoms with Gasteiger partial charge in [0.15, 0.2) is 0 Å². The molecule has 1 aromatic heterocycles. The molecule has 5 nitrogen and oxygen atoms in total. The maximum Gasteiger partial charge on any atom is 0.271 e. The Morgan fingerprint density at radius 2 is 1.80 bits per heavy atom. The van der Waals surface area contributed by atoms with Gasteiger partial charge in [-0.2, -0.15) is 0 Å². The smallest absolute Gasteiger partial charge is 0.271 e. The van der Waals surface area contributed by atoms with Crippen molar-refractivity contribution in [3.63, 3.8) is 0 Å². The van der Waals surface area contributed by atoms with Crippen LogP contribution in [0.3, 0.4) is 0 Å². The predicted octanol–water partition coefficient (Wildman–Crippen LogP) is 4.22. The fourth-order valence-electron chi connectivity index (χ4n) is 4.21. The lowest BCUT2D eigenvalue weighted by Gasteiger charge is -2.44. The minimum absolute atomic E-state index is 0.0736. The van der Waals surface area contributed by atoms with Gasteiger partial charge in [0.2, 0.25) is 5.91 Å². The second-order valence-corrected chi connectivity index (χ2v) is 8.76. The molecule has 2 aromatic carbocycles. The fourth-order valence-corrected chi connectivity index (χ4v) is 4.21. The van der Waals surface area contributed by atoms with E-state index in [0.29, 0.717) is 31.2 Å². The number of aromatic nitrogens is 1.